The number of nitrogens with two attached hydrogens (primary N) is 1. The molecule has 3 aliphatic rings. The molecule has 34 heavy (non-hydrogen) atoms. The van der Waals surface area contributed by atoms with Gasteiger partial charge in [0.05, 0.1) is 11.5 Å². The molecule has 5 rings (SSSR count). The number of hydrogen-bond acceptors (Lipinski definition) is 2. The van der Waals surface area contributed by atoms with Crippen LogP contribution in [0.25, 0.3) is 5.57 Å². The SMILES string of the molecule is C=C(/C=C(\C=C/C)C1(c2ccc(C)cc2)C2=C(C=C(C#N)C2)c2ccccc21)C1=C(N)CCC1. The summed E-state index contributed by atoms with van der Waals surface area (Å²) in [4.78, 5) is 0. The van der Waals surface area contributed by atoms with Gasteiger partial charge >= 0.3 is 0 Å². The van der Waals surface area contributed by atoms with Crippen molar-refractivity contribution in [1.82, 2.24) is 0 Å². The molecule has 2 aromatic carbocycles. The lowest BCUT2D eigenvalue weighted by Gasteiger charge is -2.37. The summed E-state index contributed by atoms with van der Waals surface area (Å²) in [6, 6.07) is 19.9. The quantitative estimate of drug-likeness (QED) is 0.492. The summed E-state index contributed by atoms with van der Waals surface area (Å²) in [5.74, 6) is 0. The maximum Gasteiger partial charge on any atom is 0.0950 e. The molecule has 0 fully saturated rings. The lowest BCUT2D eigenvalue weighted by Crippen LogP contribution is -2.30. The summed E-state index contributed by atoms with van der Waals surface area (Å²) < 4.78 is 0. The van der Waals surface area contributed by atoms with Gasteiger partial charge in [0.15, 0.2) is 0 Å². The highest BCUT2D eigenvalue weighted by Crippen LogP contribution is 2.59. The lowest BCUT2D eigenvalue weighted by molar-refractivity contribution is 0.721. The molecule has 168 valence electrons. The van der Waals surface area contributed by atoms with Gasteiger partial charge in [0, 0.05) is 17.7 Å². The van der Waals surface area contributed by atoms with Crippen LogP contribution in [0.1, 0.15) is 54.9 Å². The first-order chi connectivity index (χ1) is 16.5. The molecule has 0 spiro atoms. The van der Waals surface area contributed by atoms with Gasteiger partial charge in [-0.15, -0.1) is 0 Å². The van der Waals surface area contributed by atoms with Crippen LogP contribution in [-0.2, 0) is 5.41 Å². The fourth-order valence-corrected chi connectivity index (χ4v) is 5.95. The second-order valence-corrected chi connectivity index (χ2v) is 9.49. The Morgan fingerprint density at radius 3 is 2.56 bits per heavy atom. The van der Waals surface area contributed by atoms with Gasteiger partial charge in [0.2, 0.25) is 0 Å². The van der Waals surface area contributed by atoms with Crippen LogP contribution >= 0.6 is 0 Å². The van der Waals surface area contributed by atoms with E-state index in [1.165, 1.54) is 44.5 Å². The standard InChI is InChI=1S/C32H30N2/c1-4-8-25(17-22(3)26-10-7-12-31(26)34)32(24-15-13-21(2)14-16-24)29-11-6-5-9-27(29)28-18-23(20-33)19-30(28)32/h4-6,8-9,11,13-18H,3,7,10,12,19,34H2,1-2H3/b8-4-,25-17+. The van der Waals surface area contributed by atoms with Gasteiger partial charge in [0.1, 0.15) is 0 Å². The smallest absolute Gasteiger partial charge is 0.0950 e. The Labute approximate surface area is 202 Å². The third kappa shape index (κ3) is 3.24. The fourth-order valence-electron chi connectivity index (χ4n) is 5.95. The second-order valence-electron chi connectivity index (χ2n) is 9.49. The Bertz CT molecular complexity index is 1380. The third-order valence-electron chi connectivity index (χ3n) is 7.47. The van der Waals surface area contributed by atoms with Crippen LogP contribution in [0.15, 0.2) is 113 Å². The summed E-state index contributed by atoms with van der Waals surface area (Å²) in [5.41, 5.74) is 18.4. The van der Waals surface area contributed by atoms with E-state index in [0.29, 0.717) is 6.42 Å². The van der Waals surface area contributed by atoms with Crippen molar-refractivity contribution < 1.29 is 0 Å². The Morgan fingerprint density at radius 2 is 1.88 bits per heavy atom. The zero-order chi connectivity index (χ0) is 23.9. The minimum absolute atomic E-state index is 0.488. The minimum Gasteiger partial charge on any atom is -0.402 e. The van der Waals surface area contributed by atoms with Gasteiger partial charge in [-0.25, -0.2) is 0 Å². The molecule has 2 N–H and O–H groups in total. The van der Waals surface area contributed by atoms with Gasteiger partial charge in [-0.05, 0) is 83.7 Å². The van der Waals surface area contributed by atoms with E-state index >= 15 is 0 Å². The van der Waals surface area contributed by atoms with E-state index in [1.807, 2.05) is 0 Å². The van der Waals surface area contributed by atoms with E-state index in [-0.39, 0.29) is 0 Å². The first-order valence-corrected chi connectivity index (χ1v) is 12.0. The Hall–Kier alpha value is -3.83. The number of nitriles is 1. The summed E-state index contributed by atoms with van der Waals surface area (Å²) in [7, 11) is 0. The van der Waals surface area contributed by atoms with Crippen molar-refractivity contribution in [3.8, 4) is 6.07 Å². The topological polar surface area (TPSA) is 49.8 Å². The highest BCUT2D eigenvalue weighted by molar-refractivity contribution is 5.93. The zero-order valence-corrected chi connectivity index (χ0v) is 20.0. The fraction of sp³-hybridized carbons (Fsp3) is 0.219. The van der Waals surface area contributed by atoms with Crippen LogP contribution in [0.3, 0.4) is 0 Å². The van der Waals surface area contributed by atoms with Crippen molar-refractivity contribution in [2.24, 2.45) is 5.73 Å². The van der Waals surface area contributed by atoms with Gasteiger partial charge in [-0.2, -0.15) is 5.26 Å². The Balaban J connectivity index is 1.83. The summed E-state index contributed by atoms with van der Waals surface area (Å²) in [6.07, 6.45) is 12.3. The largest absolute Gasteiger partial charge is 0.402 e. The van der Waals surface area contributed by atoms with E-state index in [9.17, 15) is 5.26 Å². The predicted octanol–water partition coefficient (Wildman–Crippen LogP) is 7.36. The number of rotatable bonds is 5. The molecule has 1 unspecified atom stereocenters. The highest BCUT2D eigenvalue weighted by atomic mass is 14.6. The first kappa shape index (κ1) is 22.0. The van der Waals surface area contributed by atoms with Gasteiger partial charge in [-0.1, -0.05) is 78.9 Å². The molecule has 0 aliphatic heterocycles. The van der Waals surface area contributed by atoms with Gasteiger partial charge in [0.25, 0.3) is 0 Å². The molecule has 2 nitrogen and oxygen atoms in total. The normalized spacial score (nSPS) is 21.7. The Kier molecular flexibility index (Phi) is 5.50. The van der Waals surface area contributed by atoms with Gasteiger partial charge < -0.3 is 5.73 Å². The Morgan fingerprint density at radius 1 is 1.12 bits per heavy atom. The highest BCUT2D eigenvalue weighted by Gasteiger charge is 2.49. The molecule has 1 atom stereocenters. The van der Waals surface area contributed by atoms with Crippen LogP contribution in [-0.4, -0.2) is 0 Å². The van der Waals surface area contributed by atoms with Crippen molar-refractivity contribution in [3.05, 3.63) is 135 Å². The maximum absolute atomic E-state index is 9.80. The molecule has 2 heteroatoms. The van der Waals surface area contributed by atoms with Crippen LogP contribution in [0.2, 0.25) is 0 Å². The van der Waals surface area contributed by atoms with Crippen LogP contribution in [0, 0.1) is 18.3 Å². The first-order valence-electron chi connectivity index (χ1n) is 12.0. The summed E-state index contributed by atoms with van der Waals surface area (Å²) in [6.45, 7) is 8.64. The molecule has 0 saturated carbocycles. The minimum atomic E-state index is -0.488. The molecule has 0 aromatic heterocycles. The van der Waals surface area contributed by atoms with Crippen molar-refractivity contribution >= 4 is 5.57 Å². The molecule has 0 saturated heterocycles. The monoisotopic (exact) mass is 442 g/mol. The third-order valence-corrected chi connectivity index (χ3v) is 7.47. The summed E-state index contributed by atoms with van der Waals surface area (Å²) >= 11 is 0. The molecule has 3 aliphatic carbocycles. The molecule has 0 amide bonds. The van der Waals surface area contributed by atoms with Crippen molar-refractivity contribution in [2.45, 2.75) is 44.9 Å². The molecule has 2 aromatic rings. The maximum atomic E-state index is 9.80. The van der Waals surface area contributed by atoms with Crippen LogP contribution in [0.4, 0.5) is 0 Å². The number of hydrogen-bond donors (Lipinski definition) is 1. The molecule has 0 bridgehead atoms. The van der Waals surface area contributed by atoms with Crippen LogP contribution in [0.5, 0.6) is 0 Å². The second kappa shape index (κ2) is 8.50. The summed E-state index contributed by atoms with van der Waals surface area (Å²) in [5, 5.41) is 9.80. The number of aryl methyl sites for hydroxylation is 1. The van der Waals surface area contributed by atoms with Crippen LogP contribution < -0.4 is 5.73 Å². The van der Waals surface area contributed by atoms with E-state index in [2.05, 4.69) is 99.3 Å². The average Bonchev–Trinajstić information content (AvgIpc) is 3.53. The van der Waals surface area contributed by atoms with E-state index in [4.69, 9.17) is 5.73 Å². The molecular formula is C32H30N2. The van der Waals surface area contributed by atoms with E-state index < -0.39 is 5.41 Å². The van der Waals surface area contributed by atoms with E-state index in [1.54, 1.807) is 0 Å². The van der Waals surface area contributed by atoms with E-state index in [0.717, 1.165) is 36.1 Å². The molecular weight excluding hydrogens is 412 g/mol. The van der Waals surface area contributed by atoms with Crippen molar-refractivity contribution in [2.75, 3.05) is 0 Å². The number of fused-ring (bicyclic) bond motifs is 2. The number of allylic oxidation sites excluding steroid dienone is 11. The number of benzene rings is 2. The molecule has 0 radical (unpaired) electrons. The average molecular weight is 443 g/mol. The van der Waals surface area contributed by atoms with Crippen molar-refractivity contribution in [3.63, 3.8) is 0 Å². The molecule has 0 heterocycles. The zero-order valence-electron chi connectivity index (χ0n) is 20.0. The predicted molar refractivity (Wildman–Crippen MR) is 141 cm³/mol. The number of nitrogens with zero attached hydrogens (tertiary/aromatic N) is 1. The van der Waals surface area contributed by atoms with Gasteiger partial charge in [-0.3, -0.25) is 0 Å². The lowest BCUT2D eigenvalue weighted by atomic mass is 9.65. The van der Waals surface area contributed by atoms with Crippen molar-refractivity contribution in [1.29, 1.82) is 5.26 Å².